The maximum atomic E-state index is 13.7. The van der Waals surface area contributed by atoms with Crippen LogP contribution in [0.4, 0.5) is 5.69 Å². The van der Waals surface area contributed by atoms with Gasteiger partial charge in [0, 0.05) is 19.5 Å². The van der Waals surface area contributed by atoms with Gasteiger partial charge < -0.3 is 14.7 Å². The minimum atomic E-state index is -4.04. The van der Waals surface area contributed by atoms with Gasteiger partial charge in [0.2, 0.25) is 10.0 Å². The second kappa shape index (κ2) is 12.2. The van der Waals surface area contributed by atoms with Gasteiger partial charge in [0.15, 0.2) is 5.75 Å². The van der Waals surface area contributed by atoms with Crippen LogP contribution in [0.3, 0.4) is 0 Å². The zero-order valence-electron chi connectivity index (χ0n) is 23.4. The first kappa shape index (κ1) is 30.5. The number of para-hydroxylation sites is 1. The number of aliphatic hydroxyl groups is 1. The summed E-state index contributed by atoms with van der Waals surface area (Å²) in [4.78, 5) is 15.3. The Bertz CT molecular complexity index is 1600. The summed E-state index contributed by atoms with van der Waals surface area (Å²) in [5, 5.41) is 9.89. The number of nitrogens with zero attached hydrogens (tertiary/aromatic N) is 2. The third-order valence-electron chi connectivity index (χ3n) is 7.16. The summed E-state index contributed by atoms with van der Waals surface area (Å²) in [6, 6.07) is 18.3. The van der Waals surface area contributed by atoms with Crippen molar-refractivity contribution in [3.8, 4) is 5.75 Å². The summed E-state index contributed by atoms with van der Waals surface area (Å²) in [7, 11) is -6.46. The van der Waals surface area contributed by atoms with Gasteiger partial charge in [-0.15, -0.1) is 0 Å². The molecule has 0 bridgehead atoms. The lowest BCUT2D eigenvalue weighted by molar-refractivity contribution is 0.0389. The van der Waals surface area contributed by atoms with E-state index >= 15 is 0 Å². The van der Waals surface area contributed by atoms with E-state index in [9.17, 15) is 26.7 Å². The fourth-order valence-electron chi connectivity index (χ4n) is 4.59. The van der Waals surface area contributed by atoms with E-state index < -0.39 is 44.0 Å². The summed E-state index contributed by atoms with van der Waals surface area (Å²) >= 11 is 0. The van der Waals surface area contributed by atoms with Gasteiger partial charge in [-0.05, 0) is 50.2 Å². The van der Waals surface area contributed by atoms with Crippen molar-refractivity contribution in [1.29, 1.82) is 0 Å². The van der Waals surface area contributed by atoms with Crippen molar-refractivity contribution in [3.63, 3.8) is 0 Å². The smallest absolute Gasteiger partial charge is 0.262 e. The first-order valence-electron chi connectivity index (χ1n) is 13.2. The average molecular weight is 602 g/mol. The van der Waals surface area contributed by atoms with Crippen LogP contribution in [0.15, 0.2) is 82.6 Å². The van der Waals surface area contributed by atoms with Crippen LogP contribution in [-0.2, 0) is 20.0 Å². The van der Waals surface area contributed by atoms with E-state index in [1.54, 1.807) is 55.5 Å². The van der Waals surface area contributed by atoms with Gasteiger partial charge in [-0.2, -0.15) is 4.31 Å². The number of carbonyl (C=O) groups excluding carboxylic acids is 1. The topological polar surface area (TPSA) is 133 Å². The fourth-order valence-corrected chi connectivity index (χ4v) is 6.85. The molecule has 10 nitrogen and oxygen atoms in total. The number of carbonyl (C=O) groups is 1. The molecule has 1 amide bonds. The zero-order valence-corrected chi connectivity index (χ0v) is 25.0. The Morgan fingerprint density at radius 1 is 1.00 bits per heavy atom. The van der Waals surface area contributed by atoms with E-state index in [2.05, 4.69) is 4.72 Å². The second-order valence-corrected chi connectivity index (χ2v) is 14.0. The molecule has 0 saturated carbocycles. The molecule has 3 aromatic carbocycles. The molecule has 1 aliphatic rings. The number of aliphatic hydroxyl groups excluding tert-OH is 1. The number of anilines is 1. The molecule has 0 saturated heterocycles. The molecule has 220 valence electrons. The summed E-state index contributed by atoms with van der Waals surface area (Å²) in [6.07, 6.45) is -0.775. The zero-order chi connectivity index (χ0) is 29.9. The second-order valence-electron chi connectivity index (χ2n) is 10.3. The van der Waals surface area contributed by atoms with Crippen molar-refractivity contribution in [3.05, 3.63) is 83.9 Å². The molecule has 0 unspecified atom stereocenters. The van der Waals surface area contributed by atoms with Crippen molar-refractivity contribution < 1.29 is 31.5 Å². The highest BCUT2D eigenvalue weighted by Crippen LogP contribution is 2.36. The molecule has 12 heteroatoms. The highest BCUT2D eigenvalue weighted by molar-refractivity contribution is 7.92. The average Bonchev–Trinajstić information content (AvgIpc) is 2.95. The summed E-state index contributed by atoms with van der Waals surface area (Å²) < 4.78 is 63.3. The number of fused-ring (bicyclic) bond motifs is 1. The van der Waals surface area contributed by atoms with Crippen LogP contribution in [-0.4, -0.2) is 75.9 Å². The quantitative estimate of drug-likeness (QED) is 0.384. The molecule has 4 rings (SSSR count). The molecule has 3 atom stereocenters. The summed E-state index contributed by atoms with van der Waals surface area (Å²) in [5.41, 5.74) is 1.06. The van der Waals surface area contributed by atoms with E-state index in [4.69, 9.17) is 4.74 Å². The van der Waals surface area contributed by atoms with E-state index in [0.29, 0.717) is 0 Å². The maximum absolute atomic E-state index is 13.7. The Hall–Kier alpha value is -3.45. The van der Waals surface area contributed by atoms with Crippen molar-refractivity contribution >= 4 is 31.6 Å². The number of ether oxygens (including phenoxy) is 1. The predicted octanol–water partition coefficient (Wildman–Crippen LogP) is 3.34. The van der Waals surface area contributed by atoms with Gasteiger partial charge in [-0.1, -0.05) is 48.9 Å². The molecular formula is C29H35N3O7S2. The third kappa shape index (κ3) is 6.56. The molecule has 0 aromatic heterocycles. The van der Waals surface area contributed by atoms with Gasteiger partial charge >= 0.3 is 0 Å². The highest BCUT2D eigenvalue weighted by Gasteiger charge is 2.36. The number of hydrogen-bond donors (Lipinski definition) is 2. The van der Waals surface area contributed by atoms with Crippen molar-refractivity contribution in [2.24, 2.45) is 5.92 Å². The Morgan fingerprint density at radius 3 is 2.29 bits per heavy atom. The Balaban J connectivity index is 1.76. The number of sulfonamides is 2. The number of benzene rings is 3. The molecule has 0 fully saturated rings. The summed E-state index contributed by atoms with van der Waals surface area (Å²) in [6.45, 7) is 5.21. The minimum absolute atomic E-state index is 0.00942. The van der Waals surface area contributed by atoms with Crippen LogP contribution >= 0.6 is 0 Å². The van der Waals surface area contributed by atoms with Crippen molar-refractivity contribution in [1.82, 2.24) is 9.21 Å². The Kier molecular flexibility index (Phi) is 9.07. The molecule has 0 spiro atoms. The maximum Gasteiger partial charge on any atom is 0.262 e. The van der Waals surface area contributed by atoms with Gasteiger partial charge in [0.1, 0.15) is 6.10 Å². The lowest BCUT2D eigenvalue weighted by Crippen LogP contribution is -2.50. The number of nitrogens with one attached hydrogen (secondary N) is 1. The van der Waals surface area contributed by atoms with Crippen LogP contribution in [0.1, 0.15) is 29.8 Å². The third-order valence-corrected chi connectivity index (χ3v) is 10.4. The van der Waals surface area contributed by atoms with E-state index in [1.807, 2.05) is 13.8 Å². The van der Waals surface area contributed by atoms with Gasteiger partial charge in [0.25, 0.3) is 15.9 Å². The number of likely N-dealkylation sites (N-methyl/N-ethyl adjacent to an activating group) is 1. The minimum Gasteiger partial charge on any atom is -0.486 e. The molecule has 1 aliphatic heterocycles. The molecular weight excluding hydrogens is 566 g/mol. The predicted molar refractivity (Wildman–Crippen MR) is 156 cm³/mol. The summed E-state index contributed by atoms with van der Waals surface area (Å²) in [5.74, 6) is -0.839. The SMILES string of the molecule is Cc1ccc(S(=O)(=O)N(C)C[C@H]2Oc3c(NS(=O)(=O)c4ccccc4)cccc3C(=O)N([C@@H](C)CO)C[C@@H]2C)cc1. The Morgan fingerprint density at radius 2 is 1.66 bits per heavy atom. The number of hydrogen-bond acceptors (Lipinski definition) is 7. The lowest BCUT2D eigenvalue weighted by Gasteiger charge is -2.38. The van der Waals surface area contributed by atoms with Crippen LogP contribution in [0.5, 0.6) is 5.75 Å². The number of aryl methyl sites for hydroxylation is 1. The molecule has 3 aromatic rings. The largest absolute Gasteiger partial charge is 0.486 e. The Labute approximate surface area is 241 Å². The normalized spacial score (nSPS) is 18.7. The fraction of sp³-hybridized carbons (Fsp3) is 0.345. The number of amides is 1. The molecule has 41 heavy (non-hydrogen) atoms. The highest BCUT2D eigenvalue weighted by atomic mass is 32.2. The van der Waals surface area contributed by atoms with Gasteiger partial charge in [0.05, 0.1) is 40.2 Å². The van der Waals surface area contributed by atoms with Crippen LogP contribution < -0.4 is 9.46 Å². The molecule has 0 radical (unpaired) electrons. The van der Waals surface area contributed by atoms with Crippen LogP contribution in [0, 0.1) is 12.8 Å². The molecule has 1 heterocycles. The van der Waals surface area contributed by atoms with E-state index in [0.717, 1.165) is 5.56 Å². The van der Waals surface area contributed by atoms with Crippen LogP contribution in [0.25, 0.3) is 0 Å². The van der Waals surface area contributed by atoms with E-state index in [1.165, 1.54) is 40.5 Å². The lowest BCUT2D eigenvalue weighted by atomic mass is 9.99. The van der Waals surface area contributed by atoms with E-state index in [-0.39, 0.29) is 46.5 Å². The molecule has 2 N–H and O–H groups in total. The standard InChI is InChI=1S/C29H35N3O7S2/c1-20-13-15-24(16-14-20)41(37,38)31(4)18-27-21(2)17-32(22(3)19-33)29(34)25-11-8-12-26(28(25)39-27)30-40(35,36)23-9-6-5-7-10-23/h5-16,21-22,27,30,33H,17-19H2,1-4H3/t21-,22-,27+/m0/s1. The van der Waals surface area contributed by atoms with Gasteiger partial charge in [-0.3, -0.25) is 9.52 Å². The first-order valence-corrected chi connectivity index (χ1v) is 16.1. The number of rotatable bonds is 9. The van der Waals surface area contributed by atoms with Gasteiger partial charge in [-0.25, -0.2) is 16.8 Å². The molecule has 0 aliphatic carbocycles. The van der Waals surface area contributed by atoms with Crippen molar-refractivity contribution in [2.45, 2.75) is 42.7 Å². The first-order chi connectivity index (χ1) is 19.3. The van der Waals surface area contributed by atoms with Crippen LogP contribution in [0.2, 0.25) is 0 Å². The van der Waals surface area contributed by atoms with Crippen molar-refractivity contribution in [2.75, 3.05) is 31.5 Å². The monoisotopic (exact) mass is 601 g/mol.